The van der Waals surface area contributed by atoms with Crippen LogP contribution in [0.5, 0.6) is 0 Å². The molecule has 54 heavy (non-hydrogen) atoms. The number of nitrogens with zero attached hydrogens (tertiary/aromatic N) is 6. The van der Waals surface area contributed by atoms with Gasteiger partial charge in [0.1, 0.15) is 11.5 Å². The maximum Gasteiger partial charge on any atom is 0.136 e. The van der Waals surface area contributed by atoms with Gasteiger partial charge in [0.25, 0.3) is 0 Å². The Hall–Kier alpha value is -5.34. The first-order valence-corrected chi connectivity index (χ1v) is 19.4. The molecule has 0 saturated carbocycles. The average Bonchev–Trinajstić information content (AvgIpc) is 3.93. The van der Waals surface area contributed by atoms with Gasteiger partial charge in [0, 0.05) is 48.0 Å². The summed E-state index contributed by atoms with van der Waals surface area (Å²) in [5.74, 6) is 0.926. The van der Waals surface area contributed by atoms with Crippen molar-refractivity contribution in [2.45, 2.75) is 92.2 Å². The van der Waals surface area contributed by atoms with Crippen molar-refractivity contribution >= 4 is 34.9 Å². The number of imidazole rings is 1. The molecule has 8 heteroatoms. The molecule has 5 aromatic rings. The molecule has 0 bridgehead atoms. The molecule has 1 aromatic carbocycles. The summed E-state index contributed by atoms with van der Waals surface area (Å²) in [5.41, 5.74) is 20.1. The maximum absolute atomic E-state index is 5.52. The van der Waals surface area contributed by atoms with E-state index in [1.54, 1.807) is 0 Å². The fourth-order valence-electron chi connectivity index (χ4n) is 8.09. The van der Waals surface area contributed by atoms with E-state index in [0.717, 1.165) is 99.8 Å². The van der Waals surface area contributed by atoms with E-state index in [4.69, 9.17) is 15.1 Å². The van der Waals surface area contributed by atoms with Gasteiger partial charge in [-0.3, -0.25) is 10.4 Å². The van der Waals surface area contributed by atoms with E-state index < -0.39 is 0 Å². The number of allylic oxidation sites excluding steroid dienone is 2. The summed E-state index contributed by atoms with van der Waals surface area (Å²) in [6.07, 6.45) is 17.4. The van der Waals surface area contributed by atoms with Gasteiger partial charge in [0.15, 0.2) is 0 Å². The number of aryl methyl sites for hydroxylation is 3. The molecule has 0 amide bonds. The van der Waals surface area contributed by atoms with Crippen molar-refractivity contribution in [3.8, 4) is 0 Å². The standard InChI is InChI=1S/C44H50N8.C2H6/c1-9-33-41(28(4)24-32-18-20-46-44(30(32)6)48-36-17-15-34-27(3)12-11-13-35(34)36)42(38-25-29(5)49-50-38)37(47-43(33)39(10-2)51(7)8)16-14-31-19-22-52-23-21-45-40(52)26-31;1-2/h9,11-13,18-24,26,36,39,49H,1,5,10,14-17,25H2,2-4,6-8H3,(H,46,48);1-2H3/b28-24+;. The number of benzene rings is 1. The van der Waals surface area contributed by atoms with Crippen LogP contribution in [0.2, 0.25) is 0 Å². The predicted octanol–water partition coefficient (Wildman–Crippen LogP) is 10.1. The molecule has 2 aliphatic rings. The lowest BCUT2D eigenvalue weighted by molar-refractivity contribution is 0.285. The van der Waals surface area contributed by atoms with E-state index in [2.05, 4.69) is 124 Å². The smallest absolute Gasteiger partial charge is 0.136 e. The number of anilines is 1. The molecule has 7 rings (SSSR count). The van der Waals surface area contributed by atoms with Crippen molar-refractivity contribution in [1.82, 2.24) is 29.7 Å². The fourth-order valence-corrected chi connectivity index (χ4v) is 8.09. The second-order valence-electron chi connectivity index (χ2n) is 14.5. The third kappa shape index (κ3) is 7.66. The summed E-state index contributed by atoms with van der Waals surface area (Å²) in [4.78, 5) is 17.1. The van der Waals surface area contributed by atoms with Crippen molar-refractivity contribution in [2.75, 3.05) is 19.4 Å². The number of aromatic nitrogens is 4. The van der Waals surface area contributed by atoms with Crippen LogP contribution in [0.15, 0.2) is 85.1 Å². The first-order chi connectivity index (χ1) is 26.2. The van der Waals surface area contributed by atoms with Crippen LogP contribution >= 0.6 is 0 Å². The minimum absolute atomic E-state index is 0.114. The lowest BCUT2D eigenvalue weighted by Crippen LogP contribution is -2.24. The Morgan fingerprint density at radius 2 is 1.91 bits per heavy atom. The molecule has 0 spiro atoms. The molecule has 0 saturated heterocycles. The minimum atomic E-state index is 0.114. The minimum Gasteiger partial charge on any atom is -0.363 e. The van der Waals surface area contributed by atoms with Crippen molar-refractivity contribution in [3.05, 3.63) is 141 Å². The van der Waals surface area contributed by atoms with Gasteiger partial charge in [-0.15, -0.1) is 0 Å². The molecule has 1 aliphatic heterocycles. The normalized spacial score (nSPS) is 15.8. The quantitative estimate of drug-likeness (QED) is 0.134. The van der Waals surface area contributed by atoms with Gasteiger partial charge in [-0.05, 0) is 130 Å². The second kappa shape index (κ2) is 16.8. The number of nitrogens with one attached hydrogen (secondary N) is 2. The molecule has 2 unspecified atom stereocenters. The highest BCUT2D eigenvalue weighted by Gasteiger charge is 2.29. The van der Waals surface area contributed by atoms with Crippen molar-refractivity contribution in [1.29, 1.82) is 0 Å². The monoisotopic (exact) mass is 720 g/mol. The summed E-state index contributed by atoms with van der Waals surface area (Å²) in [6.45, 7) is 21.4. The molecule has 280 valence electrons. The molecule has 1 aliphatic carbocycles. The summed E-state index contributed by atoms with van der Waals surface area (Å²) in [5, 5.41) is 8.64. The number of fused-ring (bicyclic) bond motifs is 2. The van der Waals surface area contributed by atoms with Crippen LogP contribution in [0.1, 0.15) is 121 Å². The Morgan fingerprint density at radius 1 is 1.09 bits per heavy atom. The number of pyridine rings is 3. The highest BCUT2D eigenvalue weighted by atomic mass is 15.3. The second-order valence-corrected chi connectivity index (χ2v) is 14.5. The van der Waals surface area contributed by atoms with Crippen LogP contribution in [-0.4, -0.2) is 44.1 Å². The predicted molar refractivity (Wildman–Crippen MR) is 227 cm³/mol. The van der Waals surface area contributed by atoms with Gasteiger partial charge < -0.3 is 14.6 Å². The molecule has 2 N–H and O–H groups in total. The van der Waals surface area contributed by atoms with Crippen molar-refractivity contribution < 1.29 is 0 Å². The highest BCUT2D eigenvalue weighted by molar-refractivity contribution is 6.09. The van der Waals surface area contributed by atoms with Gasteiger partial charge >= 0.3 is 0 Å². The van der Waals surface area contributed by atoms with Crippen LogP contribution in [0, 0.1) is 13.8 Å². The van der Waals surface area contributed by atoms with E-state index in [1.807, 2.05) is 42.9 Å². The van der Waals surface area contributed by atoms with Gasteiger partial charge in [-0.25, -0.2) is 9.97 Å². The molecular weight excluding hydrogens is 665 g/mol. The van der Waals surface area contributed by atoms with E-state index in [-0.39, 0.29) is 12.1 Å². The third-order valence-corrected chi connectivity index (χ3v) is 10.8. The van der Waals surface area contributed by atoms with Gasteiger partial charge in [0.2, 0.25) is 0 Å². The Labute approximate surface area is 321 Å². The summed E-state index contributed by atoms with van der Waals surface area (Å²) < 4.78 is 2.04. The molecule has 8 nitrogen and oxygen atoms in total. The first kappa shape index (κ1) is 38.4. The average molecular weight is 721 g/mol. The lowest BCUT2D eigenvalue weighted by Gasteiger charge is -2.28. The summed E-state index contributed by atoms with van der Waals surface area (Å²) >= 11 is 0. The molecular formula is C46H56N8. The van der Waals surface area contributed by atoms with E-state index in [0.29, 0.717) is 6.42 Å². The number of hydrazone groups is 1. The van der Waals surface area contributed by atoms with Crippen LogP contribution in [0.25, 0.3) is 23.4 Å². The van der Waals surface area contributed by atoms with Gasteiger partial charge in [0.05, 0.1) is 29.2 Å². The van der Waals surface area contributed by atoms with Crippen LogP contribution in [0.4, 0.5) is 5.82 Å². The van der Waals surface area contributed by atoms with E-state index >= 15 is 0 Å². The van der Waals surface area contributed by atoms with E-state index in [9.17, 15) is 0 Å². The van der Waals surface area contributed by atoms with Crippen LogP contribution in [-0.2, 0) is 19.3 Å². The SMILES string of the molecule is C=Cc1c(C(CC)N(C)C)nc(CCc2ccn3ccnc3c2)c(C2=NNC(=C)C2)c1/C(C)=C/c1ccnc(NC2CCc3c(C)cccc32)c1C.CC. The molecule has 4 aromatic heterocycles. The van der Waals surface area contributed by atoms with Crippen molar-refractivity contribution in [2.24, 2.45) is 5.10 Å². The summed E-state index contributed by atoms with van der Waals surface area (Å²) in [7, 11) is 4.26. The Balaban J connectivity index is 0.00000245. The zero-order valence-electron chi connectivity index (χ0n) is 33.4. The maximum atomic E-state index is 5.52. The lowest BCUT2D eigenvalue weighted by atomic mass is 9.85. The topological polar surface area (TPSA) is 82.7 Å². The molecule has 0 fully saturated rings. The largest absolute Gasteiger partial charge is 0.363 e. The number of hydrogen-bond acceptors (Lipinski definition) is 7. The van der Waals surface area contributed by atoms with Gasteiger partial charge in [-0.2, -0.15) is 5.10 Å². The van der Waals surface area contributed by atoms with Crippen molar-refractivity contribution in [3.63, 3.8) is 0 Å². The van der Waals surface area contributed by atoms with E-state index in [1.165, 1.54) is 22.3 Å². The first-order valence-electron chi connectivity index (χ1n) is 19.4. The highest BCUT2D eigenvalue weighted by Crippen LogP contribution is 2.39. The Bertz CT molecular complexity index is 2240. The molecule has 5 heterocycles. The third-order valence-electron chi connectivity index (χ3n) is 10.8. The number of hydrogen-bond donors (Lipinski definition) is 2. The number of rotatable bonds is 12. The molecule has 0 radical (unpaired) electrons. The van der Waals surface area contributed by atoms with Crippen LogP contribution in [0.3, 0.4) is 0 Å². The zero-order valence-corrected chi connectivity index (χ0v) is 33.4. The Kier molecular flexibility index (Phi) is 11.9. The summed E-state index contributed by atoms with van der Waals surface area (Å²) in [6, 6.07) is 13.5. The Morgan fingerprint density at radius 3 is 2.63 bits per heavy atom. The zero-order chi connectivity index (χ0) is 38.5. The fraction of sp³-hybridized carbons (Fsp3) is 0.348. The van der Waals surface area contributed by atoms with Crippen LogP contribution < -0.4 is 10.7 Å². The molecule has 2 atom stereocenters. The van der Waals surface area contributed by atoms with Gasteiger partial charge in [-0.1, -0.05) is 64.3 Å².